The molecule has 1 rings (SSSR count). The van der Waals surface area contributed by atoms with Crippen LogP contribution >= 0.6 is 0 Å². The Bertz CT molecular complexity index is 186. The molecule has 0 aliphatic heterocycles. The summed E-state index contributed by atoms with van der Waals surface area (Å²) in [6.07, 6.45) is 9.99. The van der Waals surface area contributed by atoms with Gasteiger partial charge in [-0.3, -0.25) is 16.1 Å². The Morgan fingerprint density at radius 1 is 1.27 bits per heavy atom. The molecule has 0 unspecified atom stereocenters. The molecule has 15 heavy (non-hydrogen) atoms. The lowest BCUT2D eigenvalue weighted by Gasteiger charge is -2.28. The minimum Gasteiger partial charge on any atom is -0.290 e. The van der Waals surface area contributed by atoms with Crippen LogP contribution in [0.15, 0.2) is 0 Å². The number of nitrogens with one attached hydrogen (secondary N) is 2. The summed E-state index contributed by atoms with van der Waals surface area (Å²) in [6, 6.07) is 0. The van der Waals surface area contributed by atoms with Crippen LogP contribution in [0.1, 0.15) is 58.3 Å². The van der Waals surface area contributed by atoms with Gasteiger partial charge in [0.05, 0.1) is 0 Å². The quantitative estimate of drug-likeness (QED) is 0.283. The fraction of sp³-hybridized carbons (Fsp3) is 0.917. The molecule has 3 nitrogen and oxygen atoms in total. The molecule has 1 aliphatic carbocycles. The van der Waals surface area contributed by atoms with E-state index in [1.165, 1.54) is 38.5 Å². The summed E-state index contributed by atoms with van der Waals surface area (Å²) < 4.78 is 0. The van der Waals surface area contributed by atoms with Crippen molar-refractivity contribution in [3.05, 3.63) is 0 Å². The zero-order valence-electron chi connectivity index (χ0n) is 9.76. The molecule has 0 saturated heterocycles. The highest BCUT2D eigenvalue weighted by Gasteiger charge is 2.23. The Hall–Kier alpha value is -0.570. The van der Waals surface area contributed by atoms with Crippen LogP contribution in [0.3, 0.4) is 0 Å². The van der Waals surface area contributed by atoms with Gasteiger partial charge in [-0.1, -0.05) is 32.6 Å². The number of rotatable bonds is 5. The smallest absolute Gasteiger partial charge is 0.120 e. The highest BCUT2D eigenvalue weighted by Crippen LogP contribution is 2.32. The van der Waals surface area contributed by atoms with Crippen LogP contribution in [0.4, 0.5) is 0 Å². The van der Waals surface area contributed by atoms with Gasteiger partial charge in [0, 0.05) is 5.92 Å². The van der Waals surface area contributed by atoms with Crippen molar-refractivity contribution >= 4 is 5.84 Å². The summed E-state index contributed by atoms with van der Waals surface area (Å²) in [5.41, 5.74) is 1.99. The van der Waals surface area contributed by atoms with Gasteiger partial charge in [-0.15, -0.1) is 0 Å². The molecular formula is C12H24N2O. The predicted octanol–water partition coefficient (Wildman–Crippen LogP) is 3.33. The van der Waals surface area contributed by atoms with Gasteiger partial charge in [0.15, 0.2) is 0 Å². The molecule has 88 valence electrons. The highest BCUT2D eigenvalue weighted by molar-refractivity contribution is 5.80. The Balaban J connectivity index is 2.15. The van der Waals surface area contributed by atoms with Crippen molar-refractivity contribution < 1.29 is 5.21 Å². The normalized spacial score (nSPS) is 26.3. The standard InChI is InChI=1S/C12H24N2O/c1-2-3-4-5-10-6-8-11(9-7-10)12(13)14-15/h10-11,15H,2-9H2,1H3,(H2,13,14). The molecular weight excluding hydrogens is 188 g/mol. The third-order valence-corrected chi connectivity index (χ3v) is 3.59. The first-order valence-electron chi connectivity index (χ1n) is 6.26. The van der Waals surface area contributed by atoms with E-state index in [-0.39, 0.29) is 5.92 Å². The van der Waals surface area contributed by atoms with Crippen molar-refractivity contribution in [2.24, 2.45) is 11.8 Å². The fourth-order valence-electron chi connectivity index (χ4n) is 2.51. The maximum atomic E-state index is 8.65. The van der Waals surface area contributed by atoms with Crippen LogP contribution in [0, 0.1) is 17.2 Å². The molecule has 0 aromatic carbocycles. The van der Waals surface area contributed by atoms with E-state index < -0.39 is 0 Å². The molecule has 0 amide bonds. The van der Waals surface area contributed by atoms with Crippen LogP contribution in [0.25, 0.3) is 0 Å². The Morgan fingerprint density at radius 2 is 1.93 bits per heavy atom. The zero-order chi connectivity index (χ0) is 11.1. The summed E-state index contributed by atoms with van der Waals surface area (Å²) in [6.45, 7) is 2.24. The maximum absolute atomic E-state index is 8.65. The predicted molar refractivity (Wildman–Crippen MR) is 62.2 cm³/mol. The van der Waals surface area contributed by atoms with Crippen LogP contribution < -0.4 is 5.48 Å². The maximum Gasteiger partial charge on any atom is 0.120 e. The third-order valence-electron chi connectivity index (χ3n) is 3.59. The number of hydrogen-bond acceptors (Lipinski definition) is 2. The SMILES string of the molecule is CCCCCC1CCC(C(=N)NO)CC1. The lowest BCUT2D eigenvalue weighted by Crippen LogP contribution is -2.30. The average molecular weight is 212 g/mol. The van der Waals surface area contributed by atoms with Gasteiger partial charge in [-0.2, -0.15) is 0 Å². The van der Waals surface area contributed by atoms with Crippen molar-refractivity contribution in [3.63, 3.8) is 0 Å². The second-order valence-corrected chi connectivity index (χ2v) is 4.74. The van der Waals surface area contributed by atoms with E-state index >= 15 is 0 Å². The van der Waals surface area contributed by atoms with Gasteiger partial charge in [-0.25, -0.2) is 0 Å². The Morgan fingerprint density at radius 3 is 2.47 bits per heavy atom. The van der Waals surface area contributed by atoms with E-state index in [1.807, 2.05) is 5.48 Å². The van der Waals surface area contributed by atoms with Gasteiger partial charge in [-0.05, 0) is 31.6 Å². The van der Waals surface area contributed by atoms with E-state index in [9.17, 15) is 0 Å². The molecule has 1 saturated carbocycles. The molecule has 3 N–H and O–H groups in total. The monoisotopic (exact) mass is 212 g/mol. The first-order chi connectivity index (χ1) is 7.27. The molecule has 3 heteroatoms. The van der Waals surface area contributed by atoms with E-state index in [1.54, 1.807) is 0 Å². The summed E-state index contributed by atoms with van der Waals surface area (Å²) in [5.74, 6) is 1.46. The Labute approximate surface area is 92.7 Å². The van der Waals surface area contributed by atoms with Crippen molar-refractivity contribution in [3.8, 4) is 0 Å². The number of amidine groups is 1. The molecule has 1 aliphatic rings. The summed E-state index contributed by atoms with van der Waals surface area (Å²) in [4.78, 5) is 0. The average Bonchev–Trinajstić information content (AvgIpc) is 2.29. The Kier molecular flexibility index (Phi) is 5.69. The summed E-state index contributed by atoms with van der Waals surface area (Å²) in [5, 5.41) is 16.2. The van der Waals surface area contributed by atoms with Crippen molar-refractivity contribution in [2.45, 2.75) is 58.3 Å². The molecule has 0 bridgehead atoms. The van der Waals surface area contributed by atoms with E-state index in [0.717, 1.165) is 18.8 Å². The molecule has 0 aromatic heterocycles. The van der Waals surface area contributed by atoms with Crippen LogP contribution in [-0.4, -0.2) is 11.0 Å². The largest absolute Gasteiger partial charge is 0.290 e. The van der Waals surface area contributed by atoms with E-state index in [0.29, 0.717) is 5.84 Å². The number of hydroxylamine groups is 1. The molecule has 0 radical (unpaired) electrons. The summed E-state index contributed by atoms with van der Waals surface area (Å²) in [7, 11) is 0. The van der Waals surface area contributed by atoms with Crippen LogP contribution in [0.5, 0.6) is 0 Å². The molecule has 0 spiro atoms. The van der Waals surface area contributed by atoms with Gasteiger partial charge in [0.2, 0.25) is 0 Å². The van der Waals surface area contributed by atoms with E-state index in [4.69, 9.17) is 10.6 Å². The van der Waals surface area contributed by atoms with Crippen molar-refractivity contribution in [2.75, 3.05) is 0 Å². The van der Waals surface area contributed by atoms with E-state index in [2.05, 4.69) is 6.92 Å². The van der Waals surface area contributed by atoms with Gasteiger partial charge in [0.25, 0.3) is 0 Å². The lowest BCUT2D eigenvalue weighted by atomic mass is 9.79. The minimum atomic E-state index is 0.275. The number of unbranched alkanes of at least 4 members (excludes halogenated alkanes) is 2. The highest BCUT2D eigenvalue weighted by atomic mass is 16.5. The second-order valence-electron chi connectivity index (χ2n) is 4.74. The first-order valence-corrected chi connectivity index (χ1v) is 6.26. The van der Waals surface area contributed by atoms with Gasteiger partial charge < -0.3 is 0 Å². The lowest BCUT2D eigenvalue weighted by molar-refractivity contribution is 0.214. The second kappa shape index (κ2) is 6.83. The molecule has 0 heterocycles. The molecule has 0 aromatic rings. The van der Waals surface area contributed by atoms with Crippen molar-refractivity contribution in [1.82, 2.24) is 5.48 Å². The van der Waals surface area contributed by atoms with Gasteiger partial charge in [0.1, 0.15) is 5.84 Å². The molecule has 1 fully saturated rings. The van der Waals surface area contributed by atoms with Crippen LogP contribution in [0.2, 0.25) is 0 Å². The van der Waals surface area contributed by atoms with Crippen molar-refractivity contribution in [1.29, 1.82) is 5.41 Å². The first kappa shape index (κ1) is 12.5. The fourth-order valence-corrected chi connectivity index (χ4v) is 2.51. The zero-order valence-corrected chi connectivity index (χ0v) is 9.76. The van der Waals surface area contributed by atoms with Crippen LogP contribution in [-0.2, 0) is 0 Å². The minimum absolute atomic E-state index is 0.275. The third kappa shape index (κ3) is 4.20. The number of hydrogen-bond donors (Lipinski definition) is 3. The van der Waals surface area contributed by atoms with Gasteiger partial charge >= 0.3 is 0 Å². The topological polar surface area (TPSA) is 56.1 Å². The molecule has 0 atom stereocenters. The summed E-state index contributed by atoms with van der Waals surface area (Å²) >= 11 is 0.